The van der Waals surface area contributed by atoms with E-state index in [0.717, 1.165) is 13.0 Å². The van der Waals surface area contributed by atoms with E-state index in [0.29, 0.717) is 25.0 Å². The van der Waals surface area contributed by atoms with Crippen LogP contribution in [0.3, 0.4) is 0 Å². The number of amides is 1. The minimum Gasteiger partial charge on any atom is -0.368 e. The third kappa shape index (κ3) is 2.56. The number of nitrogens with zero attached hydrogens (tertiary/aromatic N) is 1. The van der Waals surface area contributed by atoms with Crippen LogP contribution in [0.2, 0.25) is 0 Å². The van der Waals surface area contributed by atoms with Gasteiger partial charge in [-0.1, -0.05) is 12.8 Å². The van der Waals surface area contributed by atoms with Crippen LogP contribution in [0.4, 0.5) is 0 Å². The highest BCUT2D eigenvalue weighted by Gasteiger charge is 2.35. The minimum absolute atomic E-state index is 0.0925. The third-order valence-corrected chi connectivity index (χ3v) is 3.40. The number of ether oxygens (including phenoxy) is 1. The van der Waals surface area contributed by atoms with Gasteiger partial charge >= 0.3 is 0 Å². The molecule has 0 bridgehead atoms. The van der Waals surface area contributed by atoms with E-state index in [1.54, 1.807) is 4.90 Å². The van der Waals surface area contributed by atoms with Crippen LogP contribution in [0.15, 0.2) is 0 Å². The summed E-state index contributed by atoms with van der Waals surface area (Å²) in [7, 11) is 0. The third-order valence-electron chi connectivity index (χ3n) is 3.40. The summed E-state index contributed by atoms with van der Waals surface area (Å²) < 4.78 is 5.50. The number of rotatable bonds is 4. The molecule has 1 aliphatic heterocycles. The van der Waals surface area contributed by atoms with Gasteiger partial charge in [0.2, 0.25) is 0 Å². The fourth-order valence-electron chi connectivity index (χ4n) is 2.15. The van der Waals surface area contributed by atoms with E-state index in [-0.39, 0.29) is 12.0 Å². The first kappa shape index (κ1) is 11.5. The predicted molar refractivity (Wildman–Crippen MR) is 61.7 cm³/mol. The fraction of sp³-hybridized carbons (Fsp3) is 0.769. The summed E-state index contributed by atoms with van der Waals surface area (Å²) in [6, 6.07) is 0. The Bertz CT molecular complexity index is 304. The molecule has 88 valence electrons. The number of hydrogen-bond donors (Lipinski definition) is 0. The van der Waals surface area contributed by atoms with Crippen molar-refractivity contribution in [3.05, 3.63) is 0 Å². The molecular formula is C13H19NO2. The lowest BCUT2D eigenvalue weighted by Crippen LogP contribution is -2.42. The highest BCUT2D eigenvalue weighted by atomic mass is 16.5. The monoisotopic (exact) mass is 221 g/mol. The van der Waals surface area contributed by atoms with Gasteiger partial charge in [0.1, 0.15) is 6.10 Å². The van der Waals surface area contributed by atoms with Gasteiger partial charge in [0.15, 0.2) is 0 Å². The predicted octanol–water partition coefficient (Wildman–Crippen LogP) is 1.28. The van der Waals surface area contributed by atoms with Crippen LogP contribution >= 0.6 is 0 Å². The molecule has 2 atom stereocenters. The number of hydrogen-bond acceptors (Lipinski definition) is 2. The minimum atomic E-state index is -0.257. The number of terminal acetylenes is 1. The van der Waals surface area contributed by atoms with Gasteiger partial charge < -0.3 is 9.64 Å². The SMILES string of the molecule is C#CCN(CC1CC1)C(=O)C1OCCC1C. The maximum atomic E-state index is 12.2. The average molecular weight is 221 g/mol. The Morgan fingerprint density at radius 2 is 2.25 bits per heavy atom. The topological polar surface area (TPSA) is 29.5 Å². The van der Waals surface area contributed by atoms with Gasteiger partial charge in [-0.05, 0) is 31.1 Å². The first-order valence-electron chi connectivity index (χ1n) is 6.06. The molecule has 0 spiro atoms. The number of carbonyl (C=O) groups excluding carboxylic acids is 1. The molecule has 2 unspecified atom stereocenters. The normalized spacial score (nSPS) is 28.8. The van der Waals surface area contributed by atoms with Crippen molar-refractivity contribution in [3.8, 4) is 12.3 Å². The lowest BCUT2D eigenvalue weighted by Gasteiger charge is -2.25. The van der Waals surface area contributed by atoms with Gasteiger partial charge in [0.25, 0.3) is 5.91 Å². The van der Waals surface area contributed by atoms with Gasteiger partial charge in [-0.25, -0.2) is 0 Å². The average Bonchev–Trinajstić information content (AvgIpc) is 2.98. The summed E-state index contributed by atoms with van der Waals surface area (Å²) in [5.41, 5.74) is 0. The molecule has 1 saturated carbocycles. The van der Waals surface area contributed by atoms with E-state index < -0.39 is 0 Å². The van der Waals surface area contributed by atoms with E-state index in [4.69, 9.17) is 11.2 Å². The smallest absolute Gasteiger partial charge is 0.252 e. The van der Waals surface area contributed by atoms with Crippen molar-refractivity contribution >= 4 is 5.91 Å². The molecule has 2 fully saturated rings. The van der Waals surface area contributed by atoms with E-state index in [1.165, 1.54) is 12.8 Å². The van der Waals surface area contributed by atoms with Crippen molar-refractivity contribution < 1.29 is 9.53 Å². The summed E-state index contributed by atoms with van der Waals surface area (Å²) in [4.78, 5) is 14.0. The van der Waals surface area contributed by atoms with Crippen LogP contribution in [-0.2, 0) is 9.53 Å². The molecule has 3 nitrogen and oxygen atoms in total. The molecular weight excluding hydrogens is 202 g/mol. The molecule has 0 N–H and O–H groups in total. The molecule has 1 amide bonds. The van der Waals surface area contributed by atoms with Gasteiger partial charge in [-0.2, -0.15) is 0 Å². The molecule has 1 heterocycles. The van der Waals surface area contributed by atoms with Crippen molar-refractivity contribution in [2.75, 3.05) is 19.7 Å². The van der Waals surface area contributed by atoms with Crippen molar-refractivity contribution in [3.63, 3.8) is 0 Å². The first-order chi connectivity index (χ1) is 7.72. The van der Waals surface area contributed by atoms with Crippen molar-refractivity contribution in [1.82, 2.24) is 4.90 Å². The largest absolute Gasteiger partial charge is 0.368 e. The molecule has 1 saturated heterocycles. The molecule has 16 heavy (non-hydrogen) atoms. The highest BCUT2D eigenvalue weighted by molar-refractivity contribution is 5.81. The Hall–Kier alpha value is -1.01. The van der Waals surface area contributed by atoms with Crippen LogP contribution in [0.1, 0.15) is 26.2 Å². The zero-order chi connectivity index (χ0) is 11.5. The van der Waals surface area contributed by atoms with Crippen LogP contribution in [-0.4, -0.2) is 36.6 Å². The van der Waals surface area contributed by atoms with E-state index in [9.17, 15) is 4.79 Å². The molecule has 2 rings (SSSR count). The van der Waals surface area contributed by atoms with Crippen LogP contribution in [0.5, 0.6) is 0 Å². The lowest BCUT2D eigenvalue weighted by molar-refractivity contribution is -0.142. The quantitative estimate of drug-likeness (QED) is 0.669. The summed E-state index contributed by atoms with van der Waals surface area (Å²) >= 11 is 0. The Morgan fingerprint density at radius 1 is 1.50 bits per heavy atom. The second-order valence-electron chi connectivity index (χ2n) is 4.92. The van der Waals surface area contributed by atoms with E-state index in [2.05, 4.69) is 12.8 Å². The Labute approximate surface area is 97.1 Å². The van der Waals surface area contributed by atoms with Gasteiger partial charge in [0.05, 0.1) is 6.54 Å². The first-order valence-corrected chi connectivity index (χ1v) is 6.06. The van der Waals surface area contributed by atoms with Crippen molar-refractivity contribution in [2.45, 2.75) is 32.3 Å². The van der Waals surface area contributed by atoms with E-state index >= 15 is 0 Å². The molecule has 2 aliphatic rings. The molecule has 0 aromatic rings. The molecule has 0 aromatic heterocycles. The maximum absolute atomic E-state index is 12.2. The van der Waals surface area contributed by atoms with Crippen LogP contribution in [0, 0.1) is 24.2 Å². The Balaban J connectivity index is 1.95. The summed E-state index contributed by atoms with van der Waals surface area (Å²) in [5, 5.41) is 0. The van der Waals surface area contributed by atoms with Gasteiger partial charge in [-0.15, -0.1) is 6.42 Å². The second kappa shape index (κ2) is 4.88. The molecule has 3 heteroatoms. The summed E-state index contributed by atoms with van der Waals surface area (Å²) in [6.45, 7) is 4.00. The Kier molecular flexibility index (Phi) is 3.50. The van der Waals surface area contributed by atoms with Crippen molar-refractivity contribution in [2.24, 2.45) is 11.8 Å². The van der Waals surface area contributed by atoms with Crippen LogP contribution in [0.25, 0.3) is 0 Å². The summed E-state index contributed by atoms with van der Waals surface area (Å²) in [5.74, 6) is 3.66. The second-order valence-corrected chi connectivity index (χ2v) is 4.92. The molecule has 0 aromatic carbocycles. The van der Waals surface area contributed by atoms with Crippen molar-refractivity contribution in [1.29, 1.82) is 0 Å². The Morgan fingerprint density at radius 3 is 2.75 bits per heavy atom. The van der Waals surface area contributed by atoms with Gasteiger partial charge in [0, 0.05) is 13.2 Å². The molecule has 0 radical (unpaired) electrons. The zero-order valence-electron chi connectivity index (χ0n) is 9.82. The highest BCUT2D eigenvalue weighted by Crippen LogP contribution is 2.30. The number of carbonyl (C=O) groups is 1. The summed E-state index contributed by atoms with van der Waals surface area (Å²) in [6.07, 6.45) is 8.49. The van der Waals surface area contributed by atoms with Gasteiger partial charge in [-0.3, -0.25) is 4.79 Å². The van der Waals surface area contributed by atoms with Crippen LogP contribution < -0.4 is 0 Å². The fourth-order valence-corrected chi connectivity index (χ4v) is 2.15. The maximum Gasteiger partial charge on any atom is 0.252 e. The lowest BCUT2D eigenvalue weighted by atomic mass is 10.0. The van der Waals surface area contributed by atoms with E-state index in [1.807, 2.05) is 0 Å². The zero-order valence-corrected chi connectivity index (χ0v) is 9.82. The standard InChI is InChI=1S/C13H19NO2/c1-3-7-14(9-11-4-5-11)13(15)12-10(2)6-8-16-12/h1,10-12H,4-9H2,2H3. The molecule has 1 aliphatic carbocycles.